The van der Waals surface area contributed by atoms with Crippen LogP contribution in [0, 0.1) is 0 Å². The third kappa shape index (κ3) is 4.92. The summed E-state index contributed by atoms with van der Waals surface area (Å²) in [6, 6.07) is 11.7. The van der Waals surface area contributed by atoms with Gasteiger partial charge in [0.1, 0.15) is 5.82 Å². The minimum atomic E-state index is 0.156. The summed E-state index contributed by atoms with van der Waals surface area (Å²) in [6.45, 7) is 4.11. The molecule has 0 atom stereocenters. The van der Waals surface area contributed by atoms with E-state index in [0.717, 1.165) is 37.6 Å². The van der Waals surface area contributed by atoms with E-state index in [1.807, 2.05) is 53.2 Å². The number of hydrogen-bond acceptors (Lipinski definition) is 6. The van der Waals surface area contributed by atoms with E-state index in [-0.39, 0.29) is 5.91 Å². The zero-order valence-electron chi connectivity index (χ0n) is 16.8. The smallest absolute Gasteiger partial charge is 0.236 e. The summed E-state index contributed by atoms with van der Waals surface area (Å²) in [6.07, 6.45) is 1.80. The Balaban J connectivity index is 1.50. The van der Waals surface area contributed by atoms with Crippen LogP contribution in [-0.2, 0) is 11.3 Å². The monoisotopic (exact) mass is 384 g/mol. The van der Waals surface area contributed by atoms with Gasteiger partial charge >= 0.3 is 0 Å². The maximum atomic E-state index is 12.7. The minimum Gasteiger partial charge on any atom is -0.493 e. The summed E-state index contributed by atoms with van der Waals surface area (Å²) >= 11 is 0. The van der Waals surface area contributed by atoms with Crippen molar-refractivity contribution in [3.05, 3.63) is 48.2 Å². The van der Waals surface area contributed by atoms with Gasteiger partial charge in [0.15, 0.2) is 11.5 Å². The normalized spacial score (nSPS) is 14.3. The lowest BCUT2D eigenvalue weighted by atomic mass is 10.2. The number of benzene rings is 1. The van der Waals surface area contributed by atoms with Gasteiger partial charge in [0.05, 0.1) is 20.8 Å². The predicted molar refractivity (Wildman–Crippen MR) is 109 cm³/mol. The number of methoxy groups -OCH3 is 2. The number of amides is 1. The van der Waals surface area contributed by atoms with E-state index in [0.29, 0.717) is 24.6 Å². The number of aromatic nitrogens is 1. The third-order valence-corrected chi connectivity index (χ3v) is 4.91. The van der Waals surface area contributed by atoms with Crippen molar-refractivity contribution in [3.8, 4) is 11.5 Å². The van der Waals surface area contributed by atoms with Crippen LogP contribution in [0.3, 0.4) is 0 Å². The highest BCUT2D eigenvalue weighted by molar-refractivity contribution is 5.78. The lowest BCUT2D eigenvalue weighted by molar-refractivity contribution is -0.132. The average Bonchev–Trinajstić information content (AvgIpc) is 2.74. The molecule has 1 saturated heterocycles. The predicted octanol–water partition coefficient (Wildman–Crippen LogP) is 1.88. The van der Waals surface area contributed by atoms with Gasteiger partial charge in [-0.15, -0.1) is 0 Å². The van der Waals surface area contributed by atoms with Crippen molar-refractivity contribution in [1.29, 1.82) is 0 Å². The fourth-order valence-corrected chi connectivity index (χ4v) is 3.40. The van der Waals surface area contributed by atoms with Crippen LogP contribution in [0.15, 0.2) is 42.6 Å². The summed E-state index contributed by atoms with van der Waals surface area (Å²) in [4.78, 5) is 23.2. The van der Waals surface area contributed by atoms with Crippen molar-refractivity contribution in [1.82, 2.24) is 14.8 Å². The first-order valence-electron chi connectivity index (χ1n) is 9.44. The largest absolute Gasteiger partial charge is 0.493 e. The maximum absolute atomic E-state index is 12.7. The summed E-state index contributed by atoms with van der Waals surface area (Å²) in [5.74, 6) is 2.53. The molecule has 0 N–H and O–H groups in total. The zero-order chi connectivity index (χ0) is 19.9. The Morgan fingerprint density at radius 2 is 1.82 bits per heavy atom. The number of likely N-dealkylation sites (N-methyl/N-ethyl adjacent to an activating group) is 1. The van der Waals surface area contributed by atoms with E-state index in [2.05, 4.69) is 9.88 Å². The molecule has 2 heterocycles. The van der Waals surface area contributed by atoms with Gasteiger partial charge in [0, 0.05) is 38.9 Å². The van der Waals surface area contributed by atoms with Crippen LogP contribution >= 0.6 is 0 Å². The molecule has 0 unspecified atom stereocenters. The van der Waals surface area contributed by atoms with Crippen LogP contribution in [0.1, 0.15) is 5.56 Å². The van der Waals surface area contributed by atoms with Gasteiger partial charge in [-0.2, -0.15) is 0 Å². The second-order valence-electron chi connectivity index (χ2n) is 6.92. The summed E-state index contributed by atoms with van der Waals surface area (Å²) in [5, 5.41) is 0. The molecule has 28 heavy (non-hydrogen) atoms. The van der Waals surface area contributed by atoms with E-state index < -0.39 is 0 Å². The molecule has 2 aromatic rings. The molecule has 1 aromatic heterocycles. The average molecular weight is 384 g/mol. The second kappa shape index (κ2) is 9.41. The molecule has 1 aliphatic rings. The molecule has 0 radical (unpaired) electrons. The standard InChI is InChI=1S/C21H28N4O3/c1-23(15-17-7-8-18(27-2)19(14-17)28-3)16-21(26)25-12-10-24(11-13-25)20-6-4-5-9-22-20/h4-9,14H,10-13,15-16H2,1-3H3. The molecule has 0 aliphatic carbocycles. The molecule has 0 saturated carbocycles. The number of piperazine rings is 1. The lowest BCUT2D eigenvalue weighted by Crippen LogP contribution is -2.51. The Kier molecular flexibility index (Phi) is 6.71. The Bertz CT molecular complexity index is 776. The molecule has 7 nitrogen and oxygen atoms in total. The number of hydrogen-bond donors (Lipinski definition) is 0. The number of pyridine rings is 1. The number of carbonyl (C=O) groups is 1. The van der Waals surface area contributed by atoms with Crippen LogP contribution in [0.25, 0.3) is 0 Å². The van der Waals surface area contributed by atoms with Gasteiger partial charge < -0.3 is 19.3 Å². The van der Waals surface area contributed by atoms with Crippen molar-refractivity contribution in [2.24, 2.45) is 0 Å². The molecular formula is C21H28N4O3. The highest BCUT2D eigenvalue weighted by atomic mass is 16.5. The van der Waals surface area contributed by atoms with Gasteiger partial charge in [-0.25, -0.2) is 4.98 Å². The Hall–Kier alpha value is -2.80. The Morgan fingerprint density at radius 3 is 2.46 bits per heavy atom. The Morgan fingerprint density at radius 1 is 1.07 bits per heavy atom. The molecule has 1 aromatic carbocycles. The summed E-state index contributed by atoms with van der Waals surface area (Å²) in [7, 11) is 5.20. The number of rotatable bonds is 7. The first-order valence-corrected chi connectivity index (χ1v) is 9.44. The van der Waals surface area contributed by atoms with Gasteiger partial charge in [-0.3, -0.25) is 9.69 Å². The van der Waals surface area contributed by atoms with Crippen LogP contribution in [0.2, 0.25) is 0 Å². The van der Waals surface area contributed by atoms with Crippen LogP contribution in [0.4, 0.5) is 5.82 Å². The van der Waals surface area contributed by atoms with Crippen LogP contribution in [-0.4, -0.2) is 74.7 Å². The molecule has 1 fully saturated rings. The fourth-order valence-electron chi connectivity index (χ4n) is 3.40. The maximum Gasteiger partial charge on any atom is 0.236 e. The molecule has 0 bridgehead atoms. The van der Waals surface area contributed by atoms with Gasteiger partial charge in [0.25, 0.3) is 0 Å². The number of nitrogens with zero attached hydrogens (tertiary/aromatic N) is 4. The van der Waals surface area contributed by atoms with E-state index in [1.165, 1.54) is 0 Å². The summed E-state index contributed by atoms with van der Waals surface area (Å²) in [5.41, 5.74) is 1.08. The molecule has 7 heteroatoms. The van der Waals surface area contributed by atoms with Crippen LogP contribution in [0.5, 0.6) is 11.5 Å². The van der Waals surface area contributed by atoms with Crippen molar-refractivity contribution < 1.29 is 14.3 Å². The third-order valence-electron chi connectivity index (χ3n) is 4.91. The highest BCUT2D eigenvalue weighted by Gasteiger charge is 2.22. The van der Waals surface area contributed by atoms with Crippen molar-refractivity contribution in [3.63, 3.8) is 0 Å². The SMILES string of the molecule is COc1ccc(CN(C)CC(=O)N2CCN(c3ccccn3)CC2)cc1OC. The fraction of sp³-hybridized carbons (Fsp3) is 0.429. The highest BCUT2D eigenvalue weighted by Crippen LogP contribution is 2.27. The van der Waals surface area contributed by atoms with Crippen molar-refractivity contribution in [2.45, 2.75) is 6.54 Å². The Labute approximate surface area is 166 Å². The molecule has 0 spiro atoms. The first kappa shape index (κ1) is 19.9. The zero-order valence-corrected chi connectivity index (χ0v) is 16.8. The number of anilines is 1. The molecule has 1 amide bonds. The van der Waals surface area contributed by atoms with E-state index >= 15 is 0 Å². The minimum absolute atomic E-state index is 0.156. The molecule has 1 aliphatic heterocycles. The lowest BCUT2D eigenvalue weighted by Gasteiger charge is -2.36. The van der Waals surface area contributed by atoms with Gasteiger partial charge in [-0.1, -0.05) is 12.1 Å². The number of carbonyl (C=O) groups excluding carboxylic acids is 1. The van der Waals surface area contributed by atoms with Crippen molar-refractivity contribution >= 4 is 11.7 Å². The molecule has 3 rings (SSSR count). The van der Waals surface area contributed by atoms with Crippen molar-refractivity contribution in [2.75, 3.05) is 58.9 Å². The van der Waals surface area contributed by atoms with E-state index in [1.54, 1.807) is 20.4 Å². The number of ether oxygens (including phenoxy) is 2. The quantitative estimate of drug-likeness (QED) is 0.727. The topological polar surface area (TPSA) is 58.1 Å². The first-order chi connectivity index (χ1) is 13.6. The van der Waals surface area contributed by atoms with E-state index in [9.17, 15) is 4.79 Å². The summed E-state index contributed by atoms with van der Waals surface area (Å²) < 4.78 is 10.6. The van der Waals surface area contributed by atoms with Gasteiger partial charge in [-0.05, 0) is 36.9 Å². The van der Waals surface area contributed by atoms with Crippen LogP contribution < -0.4 is 14.4 Å². The second-order valence-corrected chi connectivity index (χ2v) is 6.92. The molecule has 150 valence electrons. The molecular weight excluding hydrogens is 356 g/mol. The van der Waals surface area contributed by atoms with Gasteiger partial charge in [0.2, 0.25) is 5.91 Å². The van der Waals surface area contributed by atoms with E-state index in [4.69, 9.17) is 9.47 Å².